The molecular weight excluding hydrogens is 390 g/mol. The van der Waals surface area contributed by atoms with Crippen LogP contribution in [-0.4, -0.2) is 42.1 Å². The molecule has 27 heavy (non-hydrogen) atoms. The van der Waals surface area contributed by atoms with Crippen LogP contribution in [0.4, 0.5) is 0 Å². The van der Waals surface area contributed by atoms with Gasteiger partial charge in [0.15, 0.2) is 15.6 Å². The van der Waals surface area contributed by atoms with Crippen LogP contribution in [0.25, 0.3) is 0 Å². The molecule has 2 rings (SSSR count). The standard InChI is InChI=1S/C18H17NO6S2/c1-25-12-4-5-14-8-10-15(11-9-14)16(20)13-26(21,22)17-6-2-3-7-18(17)27(19,23)24/h2-3,6-11H,12-13H2,1H3,(H2,19,23,24). The molecule has 7 nitrogen and oxygen atoms in total. The molecule has 0 atom stereocenters. The van der Waals surface area contributed by atoms with Crippen molar-refractivity contribution in [3.63, 3.8) is 0 Å². The highest BCUT2D eigenvalue weighted by atomic mass is 32.2. The van der Waals surface area contributed by atoms with Crippen molar-refractivity contribution in [1.29, 1.82) is 0 Å². The fourth-order valence-corrected chi connectivity index (χ4v) is 4.90. The van der Waals surface area contributed by atoms with Crippen LogP contribution in [0.2, 0.25) is 0 Å². The number of carbonyl (C=O) groups excluding carboxylic acids is 1. The Labute approximate surface area is 158 Å². The lowest BCUT2D eigenvalue weighted by molar-refractivity contribution is 0.102. The molecule has 0 amide bonds. The number of nitrogens with two attached hydrogens (primary N) is 1. The number of hydrogen-bond acceptors (Lipinski definition) is 6. The van der Waals surface area contributed by atoms with Gasteiger partial charge in [0.1, 0.15) is 17.3 Å². The number of ketones is 1. The summed E-state index contributed by atoms with van der Waals surface area (Å²) >= 11 is 0. The van der Waals surface area contributed by atoms with Crippen molar-refractivity contribution < 1.29 is 26.4 Å². The third-order valence-corrected chi connectivity index (χ3v) is 6.23. The van der Waals surface area contributed by atoms with E-state index in [4.69, 9.17) is 9.88 Å². The molecular formula is C18H17NO6S2. The van der Waals surface area contributed by atoms with Crippen LogP contribution in [0.1, 0.15) is 15.9 Å². The Morgan fingerprint density at radius 3 is 2.15 bits per heavy atom. The molecule has 142 valence electrons. The zero-order chi connectivity index (χ0) is 20.1. The normalized spacial score (nSPS) is 11.5. The van der Waals surface area contributed by atoms with Gasteiger partial charge in [-0.3, -0.25) is 4.79 Å². The van der Waals surface area contributed by atoms with Crippen molar-refractivity contribution in [2.24, 2.45) is 5.14 Å². The molecule has 0 radical (unpaired) electrons. The molecule has 2 aromatic rings. The van der Waals surface area contributed by atoms with Crippen LogP contribution in [0, 0.1) is 11.8 Å². The molecule has 0 fully saturated rings. The van der Waals surface area contributed by atoms with E-state index in [0.29, 0.717) is 5.56 Å². The van der Waals surface area contributed by atoms with E-state index in [-0.39, 0.29) is 12.2 Å². The van der Waals surface area contributed by atoms with E-state index in [9.17, 15) is 21.6 Å². The molecule has 0 aliphatic heterocycles. The highest BCUT2D eigenvalue weighted by molar-refractivity contribution is 7.94. The van der Waals surface area contributed by atoms with E-state index >= 15 is 0 Å². The lowest BCUT2D eigenvalue weighted by atomic mass is 10.1. The number of sulfone groups is 1. The SMILES string of the molecule is COCC#Cc1ccc(C(=O)CS(=O)(=O)c2ccccc2S(N)(=O)=O)cc1. The van der Waals surface area contributed by atoms with E-state index in [1.165, 1.54) is 31.4 Å². The van der Waals surface area contributed by atoms with E-state index in [1.54, 1.807) is 12.1 Å². The number of primary sulfonamides is 1. The minimum absolute atomic E-state index is 0.170. The van der Waals surface area contributed by atoms with Crippen molar-refractivity contribution >= 4 is 25.6 Å². The van der Waals surface area contributed by atoms with Crippen LogP contribution < -0.4 is 5.14 Å². The zero-order valence-corrected chi connectivity index (χ0v) is 16.0. The van der Waals surface area contributed by atoms with E-state index in [2.05, 4.69) is 11.8 Å². The largest absolute Gasteiger partial charge is 0.372 e. The van der Waals surface area contributed by atoms with E-state index in [0.717, 1.165) is 12.1 Å². The Morgan fingerprint density at radius 2 is 1.59 bits per heavy atom. The number of sulfonamides is 1. The number of methoxy groups -OCH3 is 1. The molecule has 0 aliphatic rings. The number of hydrogen-bond donors (Lipinski definition) is 1. The van der Waals surface area contributed by atoms with Gasteiger partial charge in [-0.25, -0.2) is 22.0 Å². The predicted molar refractivity (Wildman–Crippen MR) is 99.4 cm³/mol. The quantitative estimate of drug-likeness (QED) is 0.563. The molecule has 0 spiro atoms. The van der Waals surface area contributed by atoms with Gasteiger partial charge in [0.2, 0.25) is 10.0 Å². The van der Waals surface area contributed by atoms with Crippen molar-refractivity contribution in [2.45, 2.75) is 9.79 Å². The Hall–Kier alpha value is -2.51. The maximum absolute atomic E-state index is 12.5. The summed E-state index contributed by atoms with van der Waals surface area (Å²) in [6.07, 6.45) is 0. The highest BCUT2D eigenvalue weighted by Gasteiger charge is 2.26. The molecule has 0 unspecified atom stereocenters. The average Bonchev–Trinajstić information content (AvgIpc) is 2.61. The Bertz CT molecular complexity index is 1110. The van der Waals surface area contributed by atoms with Crippen LogP contribution in [0.3, 0.4) is 0 Å². The molecule has 0 saturated heterocycles. The van der Waals surface area contributed by atoms with Crippen molar-refractivity contribution in [2.75, 3.05) is 19.5 Å². The summed E-state index contributed by atoms with van der Waals surface area (Å²) in [7, 11) is -6.93. The third-order valence-electron chi connectivity index (χ3n) is 3.47. The summed E-state index contributed by atoms with van der Waals surface area (Å²) in [6, 6.07) is 11.0. The van der Waals surface area contributed by atoms with Gasteiger partial charge in [0, 0.05) is 18.2 Å². The second kappa shape index (κ2) is 8.45. The summed E-state index contributed by atoms with van der Waals surface area (Å²) < 4.78 is 53.1. The minimum Gasteiger partial charge on any atom is -0.372 e. The maximum atomic E-state index is 12.5. The third kappa shape index (κ3) is 5.48. The first-order valence-corrected chi connectivity index (χ1v) is 10.8. The molecule has 0 heterocycles. The highest BCUT2D eigenvalue weighted by Crippen LogP contribution is 2.21. The predicted octanol–water partition coefficient (Wildman–Crippen LogP) is 0.988. The first kappa shape index (κ1) is 20.8. The van der Waals surface area contributed by atoms with Gasteiger partial charge in [-0.05, 0) is 24.3 Å². The van der Waals surface area contributed by atoms with Gasteiger partial charge in [-0.15, -0.1) is 0 Å². The van der Waals surface area contributed by atoms with Gasteiger partial charge in [-0.2, -0.15) is 0 Å². The van der Waals surface area contributed by atoms with Gasteiger partial charge < -0.3 is 4.74 Å². The summed E-state index contributed by atoms with van der Waals surface area (Å²) in [5.41, 5.74) is 0.815. The Morgan fingerprint density at radius 1 is 1.00 bits per heavy atom. The number of carbonyl (C=O) groups is 1. The van der Waals surface area contributed by atoms with Gasteiger partial charge >= 0.3 is 0 Å². The van der Waals surface area contributed by atoms with Gasteiger partial charge in [-0.1, -0.05) is 36.1 Å². The first-order chi connectivity index (χ1) is 12.6. The van der Waals surface area contributed by atoms with E-state index in [1.807, 2.05) is 0 Å². The average molecular weight is 407 g/mol. The van der Waals surface area contributed by atoms with Crippen molar-refractivity contribution in [3.8, 4) is 11.8 Å². The minimum atomic E-state index is -4.25. The zero-order valence-electron chi connectivity index (χ0n) is 14.4. The topological polar surface area (TPSA) is 121 Å². The monoisotopic (exact) mass is 407 g/mol. The number of rotatable bonds is 6. The van der Waals surface area contributed by atoms with Gasteiger partial charge in [0.05, 0.1) is 4.90 Å². The van der Waals surface area contributed by atoms with Crippen LogP contribution in [0.15, 0.2) is 58.3 Å². The van der Waals surface area contributed by atoms with Crippen LogP contribution in [0.5, 0.6) is 0 Å². The smallest absolute Gasteiger partial charge is 0.239 e. The second-order valence-electron chi connectivity index (χ2n) is 5.49. The molecule has 0 aliphatic carbocycles. The summed E-state index contributed by atoms with van der Waals surface area (Å²) in [6.45, 7) is 0.266. The fraction of sp³-hybridized carbons (Fsp3) is 0.167. The van der Waals surface area contributed by atoms with E-state index < -0.39 is 41.2 Å². The molecule has 2 aromatic carbocycles. The molecule has 0 bridgehead atoms. The van der Waals surface area contributed by atoms with Crippen LogP contribution >= 0.6 is 0 Å². The van der Waals surface area contributed by atoms with Crippen LogP contribution in [-0.2, 0) is 24.6 Å². The number of Topliss-reactive ketones (excluding diaryl/α,β-unsaturated/α-hetero) is 1. The second-order valence-corrected chi connectivity index (χ2v) is 8.97. The first-order valence-electron chi connectivity index (χ1n) is 7.61. The Kier molecular flexibility index (Phi) is 6.51. The summed E-state index contributed by atoms with van der Waals surface area (Å²) in [5, 5.41) is 5.06. The maximum Gasteiger partial charge on any atom is 0.239 e. The lowest BCUT2D eigenvalue weighted by Crippen LogP contribution is -2.21. The van der Waals surface area contributed by atoms with Crippen molar-refractivity contribution in [3.05, 3.63) is 59.7 Å². The van der Waals surface area contributed by atoms with Gasteiger partial charge in [0.25, 0.3) is 0 Å². The molecule has 0 saturated carbocycles. The Balaban J connectivity index is 2.27. The molecule has 9 heteroatoms. The lowest BCUT2D eigenvalue weighted by Gasteiger charge is -2.08. The molecule has 2 N–H and O–H groups in total. The summed E-state index contributed by atoms with van der Waals surface area (Å²) in [5.74, 6) is 4.03. The fourth-order valence-electron chi connectivity index (χ4n) is 2.23. The van der Waals surface area contributed by atoms with Crippen molar-refractivity contribution in [1.82, 2.24) is 0 Å². The summed E-state index contributed by atoms with van der Waals surface area (Å²) in [4.78, 5) is 11.3. The molecule has 0 aromatic heterocycles. The number of ether oxygens (including phenoxy) is 1. The number of benzene rings is 2.